The summed E-state index contributed by atoms with van der Waals surface area (Å²) < 4.78 is 5.66. The van der Waals surface area contributed by atoms with Crippen molar-refractivity contribution in [2.24, 2.45) is 0 Å². The topological polar surface area (TPSA) is 12.5 Å². The summed E-state index contributed by atoms with van der Waals surface area (Å²) in [6.07, 6.45) is 0.310. The summed E-state index contributed by atoms with van der Waals surface area (Å²) >= 11 is 0. The van der Waals surface area contributed by atoms with Crippen molar-refractivity contribution >= 4 is 8.07 Å². The Morgan fingerprint density at radius 1 is 1.11 bits per heavy atom. The smallest absolute Gasteiger partial charge is 0.148 e. The van der Waals surface area contributed by atoms with Crippen LogP contribution in [0.5, 0.6) is 0 Å². The van der Waals surface area contributed by atoms with Gasteiger partial charge < -0.3 is 4.74 Å². The minimum atomic E-state index is -1.50. The lowest BCUT2D eigenvalue weighted by Gasteiger charge is -2.31. The molecule has 1 fully saturated rings. The molecular weight excluding hydrogens is 236 g/mol. The highest BCUT2D eigenvalue weighted by atomic mass is 28.3. The van der Waals surface area contributed by atoms with Crippen molar-refractivity contribution in [2.75, 3.05) is 0 Å². The second kappa shape index (κ2) is 4.57. The van der Waals surface area contributed by atoms with Crippen LogP contribution in [0.2, 0.25) is 18.1 Å². The van der Waals surface area contributed by atoms with Gasteiger partial charge in [0.15, 0.2) is 0 Å². The molecule has 2 rings (SSSR count). The van der Waals surface area contributed by atoms with Crippen LogP contribution in [0.25, 0.3) is 0 Å². The summed E-state index contributed by atoms with van der Waals surface area (Å²) in [7, 11) is -1.50. The van der Waals surface area contributed by atoms with E-state index in [4.69, 9.17) is 4.74 Å². The molecule has 0 unspecified atom stereocenters. The Bertz CT molecular complexity index is 473. The van der Waals surface area contributed by atoms with Gasteiger partial charge in [0.1, 0.15) is 20.3 Å². The van der Waals surface area contributed by atoms with Crippen LogP contribution in [-0.4, -0.2) is 14.2 Å². The minimum absolute atomic E-state index is 0.113. The number of benzene rings is 1. The molecular formula is C16H22OSi. The van der Waals surface area contributed by atoms with Crippen LogP contribution in [0, 0.1) is 11.5 Å². The van der Waals surface area contributed by atoms with Gasteiger partial charge in [0, 0.05) is 0 Å². The lowest BCUT2D eigenvalue weighted by molar-refractivity contribution is 0.397. The summed E-state index contributed by atoms with van der Waals surface area (Å²) in [5.41, 5.74) is 4.77. The maximum Gasteiger partial charge on any atom is 0.148 e. The zero-order chi connectivity index (χ0) is 13.4. The van der Waals surface area contributed by atoms with E-state index in [0.29, 0.717) is 5.04 Å². The van der Waals surface area contributed by atoms with Gasteiger partial charge in [-0.25, -0.2) is 0 Å². The van der Waals surface area contributed by atoms with Gasteiger partial charge in [-0.2, -0.15) is 0 Å². The highest BCUT2D eigenvalue weighted by molar-refractivity contribution is 6.87. The fourth-order valence-electron chi connectivity index (χ4n) is 1.56. The number of ether oxygens (including phenoxy) is 1. The van der Waals surface area contributed by atoms with Crippen LogP contribution in [0.3, 0.4) is 0 Å². The van der Waals surface area contributed by atoms with E-state index < -0.39 is 8.07 Å². The fourth-order valence-corrected chi connectivity index (χ4v) is 2.44. The average molecular weight is 258 g/mol. The van der Waals surface area contributed by atoms with E-state index in [1.165, 1.54) is 5.56 Å². The summed E-state index contributed by atoms with van der Waals surface area (Å²) in [4.78, 5) is 0. The molecule has 0 radical (unpaired) electrons. The van der Waals surface area contributed by atoms with Crippen molar-refractivity contribution in [1.82, 2.24) is 0 Å². The summed E-state index contributed by atoms with van der Waals surface area (Å²) in [6.45, 7) is 11.5. The zero-order valence-corrected chi connectivity index (χ0v) is 12.9. The van der Waals surface area contributed by atoms with Crippen molar-refractivity contribution in [3.63, 3.8) is 0 Å². The molecule has 0 aliphatic carbocycles. The van der Waals surface area contributed by atoms with Crippen molar-refractivity contribution in [1.29, 1.82) is 0 Å². The second-order valence-corrected chi connectivity index (χ2v) is 11.5. The molecule has 96 valence electrons. The van der Waals surface area contributed by atoms with E-state index >= 15 is 0 Å². The molecule has 1 aliphatic rings. The number of rotatable bonds is 1. The van der Waals surface area contributed by atoms with Crippen molar-refractivity contribution in [2.45, 2.75) is 51.1 Å². The van der Waals surface area contributed by atoms with Crippen LogP contribution < -0.4 is 0 Å². The lowest BCUT2D eigenvalue weighted by atomic mass is 10.1. The Kier molecular flexibility index (Phi) is 3.40. The van der Waals surface area contributed by atoms with Crippen LogP contribution in [0.4, 0.5) is 0 Å². The van der Waals surface area contributed by atoms with E-state index in [2.05, 4.69) is 69.6 Å². The molecule has 0 bridgehead atoms. The molecule has 18 heavy (non-hydrogen) atoms. The molecule has 2 heteroatoms. The van der Waals surface area contributed by atoms with Crippen molar-refractivity contribution in [3.8, 4) is 11.5 Å². The molecule has 0 aromatic heterocycles. The Morgan fingerprint density at radius 2 is 1.72 bits per heavy atom. The standard InChI is InChI=1S/C16H22OSi/c1-16(2,3)18(4,5)12-11-14-15(17-14)13-9-7-6-8-10-13/h6-10,14-15H,1-5H3/t14-,15+/m1/s1. The van der Waals surface area contributed by atoms with Gasteiger partial charge in [0.2, 0.25) is 0 Å². The van der Waals surface area contributed by atoms with Crippen LogP contribution in [0.15, 0.2) is 30.3 Å². The van der Waals surface area contributed by atoms with Gasteiger partial charge in [-0.15, -0.1) is 5.54 Å². The maximum absolute atomic E-state index is 5.66. The number of hydrogen-bond donors (Lipinski definition) is 0. The van der Waals surface area contributed by atoms with Gasteiger partial charge in [0.05, 0.1) is 0 Å². The lowest BCUT2D eigenvalue weighted by Crippen LogP contribution is -2.35. The number of hydrogen-bond acceptors (Lipinski definition) is 1. The Morgan fingerprint density at radius 3 is 2.28 bits per heavy atom. The van der Waals surface area contributed by atoms with E-state index in [9.17, 15) is 0 Å². The number of epoxide rings is 1. The zero-order valence-electron chi connectivity index (χ0n) is 11.9. The van der Waals surface area contributed by atoms with E-state index in [1.54, 1.807) is 0 Å². The third-order valence-electron chi connectivity index (χ3n) is 4.02. The third-order valence-corrected chi connectivity index (χ3v) is 8.54. The first-order chi connectivity index (χ1) is 8.31. The minimum Gasteiger partial charge on any atom is -0.351 e. The average Bonchev–Trinajstić information content (AvgIpc) is 3.06. The Labute approximate surface area is 112 Å². The molecule has 0 saturated carbocycles. The van der Waals surface area contributed by atoms with Gasteiger partial charge in [-0.05, 0) is 10.6 Å². The van der Waals surface area contributed by atoms with Crippen molar-refractivity contribution in [3.05, 3.63) is 35.9 Å². The highest BCUT2D eigenvalue weighted by Gasteiger charge is 2.40. The normalized spacial score (nSPS) is 23.2. The molecule has 1 saturated heterocycles. The molecule has 1 heterocycles. The van der Waals surface area contributed by atoms with Crippen LogP contribution in [-0.2, 0) is 4.74 Å². The first-order valence-corrected chi connectivity index (χ1v) is 9.54. The SMILES string of the molecule is CC(C)(C)[Si](C)(C)C#C[C@H]1O[C@H]1c1ccccc1. The first kappa shape index (κ1) is 13.4. The summed E-state index contributed by atoms with van der Waals surface area (Å²) in [5.74, 6) is 3.34. The molecule has 0 N–H and O–H groups in total. The largest absolute Gasteiger partial charge is 0.351 e. The fraction of sp³-hybridized carbons (Fsp3) is 0.500. The van der Waals surface area contributed by atoms with Gasteiger partial charge in [-0.1, -0.05) is 70.1 Å². The quantitative estimate of drug-likeness (QED) is 0.418. The van der Waals surface area contributed by atoms with E-state index in [0.717, 1.165) is 0 Å². The molecule has 0 amide bonds. The molecule has 1 aliphatic heterocycles. The van der Waals surface area contributed by atoms with E-state index in [1.807, 2.05) is 6.07 Å². The monoisotopic (exact) mass is 258 g/mol. The van der Waals surface area contributed by atoms with Gasteiger partial charge in [-0.3, -0.25) is 0 Å². The molecule has 1 aromatic carbocycles. The first-order valence-electron chi connectivity index (χ1n) is 6.54. The summed E-state index contributed by atoms with van der Waals surface area (Å²) in [6, 6.07) is 10.4. The predicted octanol–water partition coefficient (Wildman–Crippen LogP) is 4.18. The predicted molar refractivity (Wildman–Crippen MR) is 79.0 cm³/mol. The summed E-state index contributed by atoms with van der Waals surface area (Å²) in [5, 5.41) is 0.317. The molecule has 1 nitrogen and oxygen atoms in total. The molecule has 2 atom stereocenters. The maximum atomic E-state index is 5.66. The van der Waals surface area contributed by atoms with Crippen molar-refractivity contribution < 1.29 is 4.74 Å². The van der Waals surface area contributed by atoms with Crippen LogP contribution >= 0.6 is 0 Å². The second-order valence-electron chi connectivity index (χ2n) is 6.53. The Hall–Kier alpha value is -1.04. The molecule has 1 aromatic rings. The third kappa shape index (κ3) is 2.85. The Balaban J connectivity index is 2.03. The van der Waals surface area contributed by atoms with E-state index in [-0.39, 0.29) is 12.2 Å². The van der Waals surface area contributed by atoms with Gasteiger partial charge in [0.25, 0.3) is 0 Å². The van der Waals surface area contributed by atoms with Gasteiger partial charge >= 0.3 is 0 Å². The molecule has 0 spiro atoms. The van der Waals surface area contributed by atoms with Crippen LogP contribution in [0.1, 0.15) is 32.4 Å². The highest BCUT2D eigenvalue weighted by Crippen LogP contribution is 2.39.